The predicted molar refractivity (Wildman–Crippen MR) is 108 cm³/mol. The highest BCUT2D eigenvalue weighted by atomic mass is 79.9. The third-order valence-corrected chi connectivity index (χ3v) is 4.56. The molecule has 0 saturated heterocycles. The second kappa shape index (κ2) is 10.9. The van der Waals surface area contributed by atoms with Crippen molar-refractivity contribution >= 4 is 33.4 Å². The van der Waals surface area contributed by atoms with Crippen molar-refractivity contribution in [1.29, 1.82) is 0 Å². The van der Waals surface area contributed by atoms with Crippen LogP contribution in [0, 0.1) is 17.5 Å². The molecule has 30 heavy (non-hydrogen) atoms. The van der Waals surface area contributed by atoms with E-state index in [4.69, 9.17) is 9.47 Å². The SMILES string of the molecule is CCOc1cc(Br)c(CC(=O)NCC(=O)Nc2ccc(F)c(F)c2F)cc1OCC. The van der Waals surface area contributed by atoms with E-state index in [2.05, 4.69) is 26.6 Å². The van der Waals surface area contributed by atoms with E-state index in [-0.39, 0.29) is 6.42 Å². The number of nitrogens with one attached hydrogen (secondary N) is 2. The molecular formula is C20H20BrF3N2O4. The number of anilines is 1. The summed E-state index contributed by atoms with van der Waals surface area (Å²) < 4.78 is 51.4. The lowest BCUT2D eigenvalue weighted by Crippen LogP contribution is -2.34. The molecule has 2 rings (SSSR count). The van der Waals surface area contributed by atoms with Crippen molar-refractivity contribution < 1.29 is 32.2 Å². The largest absolute Gasteiger partial charge is 0.490 e. The van der Waals surface area contributed by atoms with Gasteiger partial charge in [0.2, 0.25) is 11.8 Å². The fourth-order valence-electron chi connectivity index (χ4n) is 2.48. The standard InChI is InChI=1S/C20H20BrF3N2O4/c1-3-29-15-7-11(12(21)9-16(15)30-4-2)8-17(27)25-10-18(28)26-14-6-5-13(22)19(23)20(14)24/h5-7,9H,3-4,8,10H2,1-2H3,(H,25,27)(H,26,28). The lowest BCUT2D eigenvalue weighted by atomic mass is 10.1. The van der Waals surface area contributed by atoms with Gasteiger partial charge in [0.1, 0.15) is 0 Å². The number of carbonyl (C=O) groups is 2. The minimum absolute atomic E-state index is 0.0696. The summed E-state index contributed by atoms with van der Waals surface area (Å²) in [6.07, 6.45) is -0.0696. The average Bonchev–Trinajstić information content (AvgIpc) is 2.70. The van der Waals surface area contributed by atoms with Gasteiger partial charge in [-0.25, -0.2) is 13.2 Å². The zero-order valence-corrected chi connectivity index (χ0v) is 17.9. The molecule has 6 nitrogen and oxygen atoms in total. The molecule has 2 aromatic carbocycles. The Balaban J connectivity index is 1.98. The van der Waals surface area contributed by atoms with Gasteiger partial charge in [-0.2, -0.15) is 0 Å². The highest BCUT2D eigenvalue weighted by Crippen LogP contribution is 2.34. The Labute approximate surface area is 179 Å². The van der Waals surface area contributed by atoms with E-state index in [1.165, 1.54) is 0 Å². The van der Waals surface area contributed by atoms with Gasteiger partial charge in [-0.1, -0.05) is 15.9 Å². The lowest BCUT2D eigenvalue weighted by molar-refractivity contribution is -0.123. The van der Waals surface area contributed by atoms with Crippen LogP contribution < -0.4 is 20.1 Å². The van der Waals surface area contributed by atoms with Crippen molar-refractivity contribution in [2.75, 3.05) is 25.1 Å². The first-order valence-electron chi connectivity index (χ1n) is 9.04. The third kappa shape index (κ3) is 6.12. The first kappa shape index (κ1) is 23.5. The van der Waals surface area contributed by atoms with Crippen LogP contribution in [0.4, 0.5) is 18.9 Å². The predicted octanol–water partition coefficient (Wildman–Crippen LogP) is 3.96. The highest BCUT2D eigenvalue weighted by molar-refractivity contribution is 9.10. The van der Waals surface area contributed by atoms with Crippen LogP contribution in [0.5, 0.6) is 11.5 Å². The van der Waals surface area contributed by atoms with Gasteiger partial charge in [0.25, 0.3) is 0 Å². The number of ether oxygens (including phenoxy) is 2. The Bertz CT molecular complexity index is 941. The minimum Gasteiger partial charge on any atom is -0.490 e. The van der Waals surface area contributed by atoms with Crippen LogP contribution in [-0.2, 0) is 16.0 Å². The summed E-state index contributed by atoms with van der Waals surface area (Å²) in [5.74, 6) is -4.85. The zero-order valence-electron chi connectivity index (χ0n) is 16.3. The number of halogens is 4. The molecule has 0 atom stereocenters. The van der Waals surface area contributed by atoms with Gasteiger partial charge in [0.05, 0.1) is 31.9 Å². The quantitative estimate of drug-likeness (QED) is 0.523. The van der Waals surface area contributed by atoms with Crippen molar-refractivity contribution in [3.8, 4) is 11.5 Å². The van der Waals surface area contributed by atoms with Crippen LogP contribution in [-0.4, -0.2) is 31.6 Å². The second-order valence-corrected chi connectivity index (χ2v) is 6.84. The summed E-state index contributed by atoms with van der Waals surface area (Å²) in [6.45, 7) is 4.03. The Morgan fingerprint density at radius 3 is 2.23 bits per heavy atom. The number of hydrogen-bond acceptors (Lipinski definition) is 4. The molecule has 0 bridgehead atoms. The Morgan fingerprint density at radius 1 is 0.967 bits per heavy atom. The Kier molecular flexibility index (Phi) is 8.52. The van der Waals surface area contributed by atoms with Crippen LogP contribution in [0.1, 0.15) is 19.4 Å². The number of benzene rings is 2. The fourth-order valence-corrected chi connectivity index (χ4v) is 2.94. The summed E-state index contributed by atoms with van der Waals surface area (Å²) >= 11 is 3.37. The van der Waals surface area contributed by atoms with E-state index in [9.17, 15) is 22.8 Å². The van der Waals surface area contributed by atoms with Gasteiger partial charge in [0, 0.05) is 4.47 Å². The molecule has 0 saturated carbocycles. The van der Waals surface area contributed by atoms with Crippen molar-refractivity contribution in [2.24, 2.45) is 0 Å². The van der Waals surface area contributed by atoms with Gasteiger partial charge >= 0.3 is 0 Å². The number of amides is 2. The highest BCUT2D eigenvalue weighted by Gasteiger charge is 2.17. The lowest BCUT2D eigenvalue weighted by Gasteiger charge is -2.14. The molecule has 2 amide bonds. The molecule has 10 heteroatoms. The summed E-state index contributed by atoms with van der Waals surface area (Å²) in [7, 11) is 0. The van der Waals surface area contributed by atoms with Crippen LogP contribution in [0.2, 0.25) is 0 Å². The molecule has 0 aliphatic heterocycles. The van der Waals surface area contributed by atoms with Gasteiger partial charge in [0.15, 0.2) is 29.0 Å². The van der Waals surface area contributed by atoms with Gasteiger partial charge in [-0.05, 0) is 43.7 Å². The second-order valence-electron chi connectivity index (χ2n) is 5.98. The summed E-state index contributed by atoms with van der Waals surface area (Å²) in [6, 6.07) is 4.93. The number of rotatable bonds is 9. The maximum atomic E-state index is 13.6. The van der Waals surface area contributed by atoms with E-state index in [0.29, 0.717) is 40.8 Å². The zero-order chi connectivity index (χ0) is 22.3. The molecule has 2 N–H and O–H groups in total. The number of hydrogen-bond donors (Lipinski definition) is 2. The monoisotopic (exact) mass is 488 g/mol. The molecule has 0 fully saturated rings. The van der Waals surface area contributed by atoms with E-state index in [1.807, 2.05) is 13.8 Å². The average molecular weight is 489 g/mol. The van der Waals surface area contributed by atoms with Crippen LogP contribution in [0.25, 0.3) is 0 Å². The topological polar surface area (TPSA) is 76.7 Å². The van der Waals surface area contributed by atoms with Crippen molar-refractivity contribution in [3.63, 3.8) is 0 Å². The smallest absolute Gasteiger partial charge is 0.243 e. The Morgan fingerprint density at radius 2 is 1.60 bits per heavy atom. The van der Waals surface area contributed by atoms with Gasteiger partial charge in [-0.15, -0.1) is 0 Å². The molecule has 0 unspecified atom stereocenters. The molecule has 0 aromatic heterocycles. The Hall–Kier alpha value is -2.75. The van der Waals surface area contributed by atoms with E-state index in [1.54, 1.807) is 12.1 Å². The normalized spacial score (nSPS) is 10.5. The summed E-state index contributed by atoms with van der Waals surface area (Å²) in [5.41, 5.74) is 0.0789. The molecule has 162 valence electrons. The minimum atomic E-state index is -1.69. The van der Waals surface area contributed by atoms with Crippen LogP contribution in [0.3, 0.4) is 0 Å². The first-order valence-corrected chi connectivity index (χ1v) is 9.84. The molecular weight excluding hydrogens is 469 g/mol. The van der Waals surface area contributed by atoms with E-state index >= 15 is 0 Å². The maximum absolute atomic E-state index is 13.6. The summed E-state index contributed by atoms with van der Waals surface area (Å²) in [4.78, 5) is 24.1. The van der Waals surface area contributed by atoms with Crippen LogP contribution >= 0.6 is 15.9 Å². The molecule has 0 spiro atoms. The third-order valence-electron chi connectivity index (χ3n) is 3.82. The maximum Gasteiger partial charge on any atom is 0.243 e. The van der Waals surface area contributed by atoms with Gasteiger partial charge in [-0.3, -0.25) is 9.59 Å². The van der Waals surface area contributed by atoms with Crippen molar-refractivity contribution in [3.05, 3.63) is 51.8 Å². The van der Waals surface area contributed by atoms with E-state index in [0.717, 1.165) is 6.07 Å². The molecule has 0 aliphatic rings. The number of carbonyl (C=O) groups excluding carboxylic acids is 2. The molecule has 2 aromatic rings. The van der Waals surface area contributed by atoms with E-state index < -0.39 is 41.5 Å². The molecule has 0 radical (unpaired) electrons. The van der Waals surface area contributed by atoms with Crippen LogP contribution in [0.15, 0.2) is 28.7 Å². The molecule has 0 heterocycles. The first-order chi connectivity index (χ1) is 14.3. The fraction of sp³-hybridized carbons (Fsp3) is 0.300. The van der Waals surface area contributed by atoms with Gasteiger partial charge < -0.3 is 20.1 Å². The molecule has 0 aliphatic carbocycles. The van der Waals surface area contributed by atoms with Crippen molar-refractivity contribution in [1.82, 2.24) is 5.32 Å². The van der Waals surface area contributed by atoms with Crippen molar-refractivity contribution in [2.45, 2.75) is 20.3 Å². The summed E-state index contributed by atoms with van der Waals surface area (Å²) in [5, 5.41) is 4.46.